The zero-order valence-corrected chi connectivity index (χ0v) is 7.47. The zero-order chi connectivity index (χ0) is 9.30. The molecule has 0 fully saturated rings. The molecular formula is C7H4BrFNO2. The van der Waals surface area contributed by atoms with Crippen LogP contribution in [0, 0.1) is 22.9 Å². The molecule has 0 bridgehead atoms. The van der Waals surface area contributed by atoms with E-state index in [9.17, 15) is 14.5 Å². The highest BCUT2D eigenvalue weighted by atomic mass is 79.9. The van der Waals surface area contributed by atoms with Gasteiger partial charge in [0.1, 0.15) is 0 Å². The zero-order valence-electron chi connectivity index (χ0n) is 5.88. The van der Waals surface area contributed by atoms with Gasteiger partial charge in [0.05, 0.1) is 9.40 Å². The Morgan fingerprint density at radius 3 is 2.58 bits per heavy atom. The van der Waals surface area contributed by atoms with Crippen molar-refractivity contribution in [2.45, 2.75) is 0 Å². The topological polar surface area (TPSA) is 43.1 Å². The van der Waals surface area contributed by atoms with Gasteiger partial charge in [0.15, 0.2) is 0 Å². The molecule has 1 radical (unpaired) electrons. The summed E-state index contributed by atoms with van der Waals surface area (Å²) in [6.45, 7) is 3.30. The van der Waals surface area contributed by atoms with Crippen molar-refractivity contribution in [2.24, 2.45) is 0 Å². The molecule has 1 rings (SSSR count). The molecule has 0 saturated carbocycles. The molecule has 0 aliphatic carbocycles. The van der Waals surface area contributed by atoms with Crippen LogP contribution in [0.5, 0.6) is 0 Å². The second-order valence-electron chi connectivity index (χ2n) is 2.13. The van der Waals surface area contributed by atoms with Crippen LogP contribution in [-0.2, 0) is 0 Å². The first-order chi connectivity index (χ1) is 5.54. The maximum Gasteiger partial charge on any atom is 0.319 e. The van der Waals surface area contributed by atoms with Crippen molar-refractivity contribution >= 4 is 21.6 Å². The van der Waals surface area contributed by atoms with E-state index in [1.807, 2.05) is 0 Å². The third-order valence-corrected chi connectivity index (χ3v) is 1.97. The van der Waals surface area contributed by atoms with Gasteiger partial charge in [-0.1, -0.05) is 6.07 Å². The number of hydrogen-bond acceptors (Lipinski definition) is 2. The number of nitrogens with zero attached hydrogens (tertiary/aromatic N) is 1. The van der Waals surface area contributed by atoms with E-state index in [0.29, 0.717) is 0 Å². The minimum absolute atomic E-state index is 0.0184. The largest absolute Gasteiger partial charge is 0.319 e. The number of nitro benzene ring substituents is 1. The van der Waals surface area contributed by atoms with Gasteiger partial charge in [-0.2, -0.15) is 4.39 Å². The van der Waals surface area contributed by atoms with Crippen LogP contribution < -0.4 is 0 Å². The summed E-state index contributed by atoms with van der Waals surface area (Å²) in [5.41, 5.74) is -0.549. The van der Waals surface area contributed by atoms with Crippen LogP contribution in [0.25, 0.3) is 0 Å². The fraction of sp³-hybridized carbons (Fsp3) is 0. The molecule has 0 amide bonds. The highest BCUT2D eigenvalue weighted by molar-refractivity contribution is 9.10. The highest BCUT2D eigenvalue weighted by Gasteiger charge is 2.19. The van der Waals surface area contributed by atoms with Crippen LogP contribution in [0.2, 0.25) is 0 Å². The molecule has 0 aromatic heterocycles. The van der Waals surface area contributed by atoms with Gasteiger partial charge in [-0.25, -0.2) is 0 Å². The van der Waals surface area contributed by atoms with Crippen LogP contribution in [0.4, 0.5) is 10.1 Å². The van der Waals surface area contributed by atoms with Crippen molar-refractivity contribution in [1.29, 1.82) is 0 Å². The number of benzene rings is 1. The third-order valence-electron chi connectivity index (χ3n) is 1.33. The van der Waals surface area contributed by atoms with Crippen molar-refractivity contribution in [1.82, 2.24) is 0 Å². The van der Waals surface area contributed by atoms with Crippen LogP contribution in [0.3, 0.4) is 0 Å². The lowest BCUT2D eigenvalue weighted by Gasteiger charge is -1.98. The summed E-state index contributed by atoms with van der Waals surface area (Å²) in [7, 11) is 0. The maximum absolute atomic E-state index is 13.0. The Balaban J connectivity index is 3.43. The van der Waals surface area contributed by atoms with Crippen LogP contribution in [-0.4, -0.2) is 4.92 Å². The monoisotopic (exact) mass is 232 g/mol. The molecule has 1 aromatic rings. The Kier molecular flexibility index (Phi) is 2.42. The Hall–Kier alpha value is -0.970. The lowest BCUT2D eigenvalue weighted by Crippen LogP contribution is -1.95. The molecule has 0 N–H and O–H groups in total. The Morgan fingerprint density at radius 1 is 1.58 bits per heavy atom. The van der Waals surface area contributed by atoms with Gasteiger partial charge in [0.2, 0.25) is 5.82 Å². The Morgan fingerprint density at radius 2 is 2.17 bits per heavy atom. The summed E-state index contributed by atoms with van der Waals surface area (Å²) in [6, 6.07) is 2.76. The number of rotatable bonds is 1. The molecule has 0 atom stereocenters. The molecule has 0 unspecified atom stereocenters. The third kappa shape index (κ3) is 1.45. The quantitative estimate of drug-likeness (QED) is 0.552. The minimum atomic E-state index is -0.894. The average molecular weight is 233 g/mol. The summed E-state index contributed by atoms with van der Waals surface area (Å²) in [4.78, 5) is 9.52. The van der Waals surface area contributed by atoms with Crippen molar-refractivity contribution in [3.05, 3.63) is 45.0 Å². The standard InChI is InChI=1S/C7H4BrFNO2/c1-4-2-3-5(8)7(6(4)9)10(11)12/h2-3H,1H2. The Bertz CT molecular complexity index is 340. The van der Waals surface area contributed by atoms with Gasteiger partial charge >= 0.3 is 5.69 Å². The van der Waals surface area contributed by atoms with Gasteiger partial charge in [0, 0.05) is 0 Å². The van der Waals surface area contributed by atoms with Crippen molar-refractivity contribution in [3.63, 3.8) is 0 Å². The van der Waals surface area contributed by atoms with Crippen molar-refractivity contribution in [3.8, 4) is 0 Å². The van der Waals surface area contributed by atoms with Gasteiger partial charge < -0.3 is 0 Å². The SMILES string of the molecule is [CH2]c1ccc(Br)c([N+](=O)[O-])c1F. The lowest BCUT2D eigenvalue weighted by molar-refractivity contribution is -0.388. The van der Waals surface area contributed by atoms with Crippen LogP contribution in [0.1, 0.15) is 5.56 Å². The van der Waals surface area contributed by atoms with Crippen LogP contribution >= 0.6 is 15.9 Å². The second-order valence-corrected chi connectivity index (χ2v) is 2.98. The first-order valence-electron chi connectivity index (χ1n) is 2.98. The molecule has 0 spiro atoms. The van der Waals surface area contributed by atoms with E-state index in [-0.39, 0.29) is 10.0 Å². The second kappa shape index (κ2) is 3.18. The van der Waals surface area contributed by atoms with Crippen molar-refractivity contribution in [2.75, 3.05) is 0 Å². The smallest absolute Gasteiger partial charge is 0.258 e. The summed E-state index contributed by atoms with van der Waals surface area (Å²) < 4.78 is 13.1. The molecule has 5 heteroatoms. The summed E-state index contributed by atoms with van der Waals surface area (Å²) >= 11 is 2.87. The molecule has 1 aromatic carbocycles. The molecule has 0 heterocycles. The van der Waals surface area contributed by atoms with Crippen LogP contribution in [0.15, 0.2) is 16.6 Å². The van der Waals surface area contributed by atoms with Gasteiger partial charge in [0.25, 0.3) is 0 Å². The number of hydrogen-bond donors (Lipinski definition) is 0. The fourth-order valence-corrected chi connectivity index (χ4v) is 1.20. The Labute approximate surface area is 76.5 Å². The normalized spacial score (nSPS) is 9.92. The van der Waals surface area contributed by atoms with Gasteiger partial charge in [-0.3, -0.25) is 10.1 Å². The molecule has 0 saturated heterocycles. The van der Waals surface area contributed by atoms with E-state index in [1.54, 1.807) is 0 Å². The predicted molar refractivity (Wildman–Crippen MR) is 45.2 cm³/mol. The van der Waals surface area contributed by atoms with E-state index < -0.39 is 16.4 Å². The van der Waals surface area contributed by atoms with E-state index in [4.69, 9.17) is 0 Å². The summed E-state index contributed by atoms with van der Waals surface area (Å²) in [5, 5.41) is 10.3. The minimum Gasteiger partial charge on any atom is -0.258 e. The number of nitro groups is 1. The predicted octanol–water partition coefficient (Wildman–Crippen LogP) is 2.68. The molecule has 3 nitrogen and oxygen atoms in total. The summed E-state index contributed by atoms with van der Waals surface area (Å²) in [5.74, 6) is -0.894. The maximum atomic E-state index is 13.0. The first-order valence-corrected chi connectivity index (χ1v) is 3.77. The fourth-order valence-electron chi connectivity index (χ4n) is 0.750. The molecule has 0 aliphatic rings. The van der Waals surface area contributed by atoms with Crippen molar-refractivity contribution < 1.29 is 9.31 Å². The van der Waals surface area contributed by atoms with E-state index in [0.717, 1.165) is 0 Å². The van der Waals surface area contributed by atoms with Gasteiger partial charge in [-0.05, 0) is 34.5 Å². The molecule has 12 heavy (non-hydrogen) atoms. The van der Waals surface area contributed by atoms with E-state index in [1.165, 1.54) is 12.1 Å². The summed E-state index contributed by atoms with van der Waals surface area (Å²) in [6.07, 6.45) is 0. The molecular weight excluding hydrogens is 229 g/mol. The van der Waals surface area contributed by atoms with E-state index >= 15 is 0 Å². The number of halogens is 2. The highest BCUT2D eigenvalue weighted by Crippen LogP contribution is 2.29. The van der Waals surface area contributed by atoms with Gasteiger partial charge in [-0.15, -0.1) is 0 Å². The lowest BCUT2D eigenvalue weighted by atomic mass is 10.2. The molecule has 0 aliphatic heterocycles. The average Bonchev–Trinajstić information content (AvgIpc) is 1.97. The first kappa shape index (κ1) is 9.12. The molecule has 63 valence electrons. The van der Waals surface area contributed by atoms with E-state index in [2.05, 4.69) is 22.9 Å².